The van der Waals surface area contributed by atoms with Crippen molar-refractivity contribution in [1.29, 1.82) is 0 Å². The van der Waals surface area contributed by atoms with Gasteiger partial charge in [0.05, 0.1) is 42.0 Å². The number of rotatable bonds is 6. The minimum atomic E-state index is -4.67. The Kier molecular flexibility index (Phi) is 5.61. The van der Waals surface area contributed by atoms with E-state index in [1.165, 1.54) is 6.20 Å². The summed E-state index contributed by atoms with van der Waals surface area (Å²) in [5, 5.41) is 11.1. The number of aromatic nitrogens is 5. The van der Waals surface area contributed by atoms with Gasteiger partial charge in [0.2, 0.25) is 11.7 Å². The zero-order valence-corrected chi connectivity index (χ0v) is 21.3. The van der Waals surface area contributed by atoms with E-state index in [-0.39, 0.29) is 41.8 Å². The van der Waals surface area contributed by atoms with Crippen LogP contribution in [0.15, 0.2) is 41.2 Å². The first-order valence-corrected chi connectivity index (χ1v) is 12.8. The van der Waals surface area contributed by atoms with Gasteiger partial charge in [0, 0.05) is 30.9 Å². The molecule has 0 aromatic carbocycles. The second-order valence-electron chi connectivity index (χ2n) is 10.7. The second-order valence-corrected chi connectivity index (χ2v) is 10.7. The lowest BCUT2D eigenvalue weighted by molar-refractivity contribution is -0.352. The zero-order chi connectivity index (χ0) is 27.6. The van der Waals surface area contributed by atoms with Crippen molar-refractivity contribution in [3.8, 4) is 11.5 Å². The highest BCUT2D eigenvalue weighted by Crippen LogP contribution is 2.42. The first kappa shape index (κ1) is 25.0. The Morgan fingerprint density at radius 2 is 1.98 bits per heavy atom. The number of hydrogen-bond donors (Lipinski definition) is 1. The van der Waals surface area contributed by atoms with Gasteiger partial charge in [-0.1, -0.05) is 11.2 Å². The van der Waals surface area contributed by atoms with Crippen molar-refractivity contribution in [2.24, 2.45) is 5.41 Å². The number of anilines is 2. The molecule has 0 radical (unpaired) electrons. The molecule has 3 fully saturated rings. The molecule has 11 nitrogen and oxygen atoms in total. The topological polar surface area (TPSA) is 120 Å². The van der Waals surface area contributed by atoms with Crippen LogP contribution in [0.3, 0.4) is 0 Å². The molecule has 14 heteroatoms. The number of pyridine rings is 2. The summed E-state index contributed by atoms with van der Waals surface area (Å²) in [7, 11) is 0. The first-order chi connectivity index (χ1) is 19.1. The van der Waals surface area contributed by atoms with E-state index < -0.39 is 12.5 Å². The van der Waals surface area contributed by atoms with Gasteiger partial charge in [0.1, 0.15) is 11.5 Å². The number of carbonyl (C=O) groups excluding carboxylic acids is 1. The van der Waals surface area contributed by atoms with Crippen LogP contribution in [0.4, 0.5) is 24.7 Å². The molecule has 2 aliphatic heterocycles. The van der Waals surface area contributed by atoms with Gasteiger partial charge < -0.3 is 19.5 Å². The molecule has 0 bridgehead atoms. The Morgan fingerprint density at radius 3 is 2.70 bits per heavy atom. The van der Waals surface area contributed by atoms with Crippen LogP contribution in [-0.2, 0) is 9.47 Å². The minimum Gasteiger partial charge on any atom is -0.380 e. The van der Waals surface area contributed by atoms with Gasteiger partial charge in [0.25, 0.3) is 5.91 Å². The minimum absolute atomic E-state index is 0.137. The lowest BCUT2D eigenvalue weighted by Gasteiger charge is -2.56. The molecule has 4 aromatic rings. The predicted molar refractivity (Wildman–Crippen MR) is 134 cm³/mol. The van der Waals surface area contributed by atoms with Gasteiger partial charge in [-0.2, -0.15) is 10.1 Å². The quantitative estimate of drug-likeness (QED) is 0.377. The normalized spacial score (nSPS) is 21.6. The number of ether oxygens (including phenoxy) is 2. The molecular formula is C26H24F3N7O4. The number of fused-ring (bicyclic) bond motifs is 1. The van der Waals surface area contributed by atoms with E-state index in [1.807, 2.05) is 18.3 Å². The van der Waals surface area contributed by atoms with Crippen molar-refractivity contribution < 1.29 is 32.0 Å². The van der Waals surface area contributed by atoms with E-state index in [4.69, 9.17) is 9.26 Å². The van der Waals surface area contributed by atoms with Crippen LogP contribution in [-0.4, -0.2) is 69.4 Å². The number of aryl methyl sites for hydroxylation is 1. The Morgan fingerprint density at radius 1 is 1.18 bits per heavy atom. The van der Waals surface area contributed by atoms with E-state index >= 15 is 0 Å². The average molecular weight is 556 g/mol. The Labute approximate surface area is 225 Å². The molecular weight excluding hydrogens is 531 g/mol. The summed E-state index contributed by atoms with van der Waals surface area (Å²) in [5.41, 5.74) is 3.43. The smallest absolute Gasteiger partial charge is 0.380 e. The average Bonchev–Trinajstić information content (AvgIpc) is 3.47. The highest BCUT2D eigenvalue weighted by molar-refractivity contribution is 6.09. The van der Waals surface area contributed by atoms with Crippen LogP contribution in [0.2, 0.25) is 0 Å². The fourth-order valence-corrected chi connectivity index (χ4v) is 5.37. The molecule has 3 aliphatic rings. The largest absolute Gasteiger partial charge is 0.522 e. The van der Waals surface area contributed by atoms with Gasteiger partial charge in [-0.25, -0.2) is 9.50 Å². The van der Waals surface area contributed by atoms with Crippen LogP contribution in [0, 0.1) is 12.3 Å². The zero-order valence-electron chi connectivity index (χ0n) is 21.3. The molecule has 1 amide bonds. The van der Waals surface area contributed by atoms with E-state index in [9.17, 15) is 18.0 Å². The molecule has 0 unspecified atom stereocenters. The molecule has 208 valence electrons. The monoisotopic (exact) mass is 555 g/mol. The molecule has 1 saturated carbocycles. The van der Waals surface area contributed by atoms with Crippen molar-refractivity contribution in [2.75, 3.05) is 36.5 Å². The molecule has 4 aromatic heterocycles. The highest BCUT2D eigenvalue weighted by atomic mass is 19.4. The summed E-state index contributed by atoms with van der Waals surface area (Å²) in [6, 6.07) is 7.39. The van der Waals surface area contributed by atoms with Crippen molar-refractivity contribution >= 4 is 22.9 Å². The van der Waals surface area contributed by atoms with Crippen molar-refractivity contribution in [1.82, 2.24) is 24.7 Å². The third-order valence-electron chi connectivity index (χ3n) is 7.73. The molecule has 7 rings (SSSR count). The maximum absolute atomic E-state index is 13.3. The summed E-state index contributed by atoms with van der Waals surface area (Å²) >= 11 is 0. The van der Waals surface area contributed by atoms with Crippen LogP contribution >= 0.6 is 0 Å². The fourth-order valence-electron chi connectivity index (χ4n) is 5.37. The molecule has 40 heavy (non-hydrogen) atoms. The summed E-state index contributed by atoms with van der Waals surface area (Å²) in [4.78, 5) is 24.4. The number of nitrogens with zero attached hydrogens (tertiary/aromatic N) is 6. The van der Waals surface area contributed by atoms with Gasteiger partial charge in [-0.05, 0) is 43.5 Å². The van der Waals surface area contributed by atoms with Crippen molar-refractivity contribution in [2.45, 2.75) is 38.1 Å². The maximum atomic E-state index is 13.3. The predicted octanol–water partition coefficient (Wildman–Crippen LogP) is 3.96. The van der Waals surface area contributed by atoms with Crippen molar-refractivity contribution in [3.63, 3.8) is 0 Å². The summed E-state index contributed by atoms with van der Waals surface area (Å²) < 4.78 is 53.5. The molecule has 2 saturated heterocycles. The van der Waals surface area contributed by atoms with Crippen LogP contribution in [0.1, 0.15) is 40.6 Å². The van der Waals surface area contributed by atoms with Crippen LogP contribution in [0.5, 0.6) is 0 Å². The van der Waals surface area contributed by atoms with E-state index in [0.29, 0.717) is 22.6 Å². The molecule has 1 aliphatic carbocycles. The maximum Gasteiger partial charge on any atom is 0.522 e. The molecule has 6 heterocycles. The number of amides is 1. The van der Waals surface area contributed by atoms with Gasteiger partial charge in [-0.15, -0.1) is 13.2 Å². The highest BCUT2D eigenvalue weighted by Gasteiger charge is 2.49. The van der Waals surface area contributed by atoms with E-state index in [2.05, 4.69) is 35.2 Å². The number of hydrogen-bond acceptors (Lipinski definition) is 9. The molecule has 1 N–H and O–H groups in total. The van der Waals surface area contributed by atoms with Crippen LogP contribution < -0.4 is 10.2 Å². The third-order valence-corrected chi connectivity index (χ3v) is 7.73. The van der Waals surface area contributed by atoms with E-state index in [0.717, 1.165) is 37.6 Å². The van der Waals surface area contributed by atoms with Gasteiger partial charge in [0.15, 0.2) is 0 Å². The Bertz CT molecular complexity index is 1600. The standard InChI is InChI=1S/C26H24F3N7O4/c1-14-2-3-19(22-33-24(40-34-22)15-6-17(7-15)39-26(27,28)29)31-21(14)32-23(37)18-9-30-36-5-4-16(8-20(18)36)35-10-25(11-35)12-38-13-25/h2-5,8-9,15,17H,6-7,10-13H2,1H3,(H,31,32,37). The van der Waals surface area contributed by atoms with Gasteiger partial charge >= 0.3 is 6.36 Å². The number of nitrogens with one attached hydrogen (secondary N) is 1. The number of alkyl halides is 3. The summed E-state index contributed by atoms with van der Waals surface area (Å²) in [6.07, 6.45) is -1.96. The third kappa shape index (κ3) is 4.46. The first-order valence-electron chi connectivity index (χ1n) is 12.8. The fraction of sp³-hybridized carbons (Fsp3) is 0.423. The SMILES string of the molecule is Cc1ccc(-c2noc(C3CC(OC(F)(F)F)C3)n2)nc1NC(=O)c1cnn2ccc(N3CC4(COC4)C3)cc12. The molecule has 0 atom stereocenters. The van der Waals surface area contributed by atoms with Crippen molar-refractivity contribution in [3.05, 3.63) is 53.7 Å². The summed E-state index contributed by atoms with van der Waals surface area (Å²) in [6.45, 7) is 5.24. The number of carbonyl (C=O) groups is 1. The Hall–Kier alpha value is -4.04. The number of halogens is 3. The Balaban J connectivity index is 1.06. The lowest BCUT2D eigenvalue weighted by Crippen LogP contribution is -2.66. The van der Waals surface area contributed by atoms with Gasteiger partial charge in [-0.3, -0.25) is 9.53 Å². The van der Waals surface area contributed by atoms with E-state index in [1.54, 1.807) is 23.6 Å². The van der Waals surface area contributed by atoms with Crippen LogP contribution in [0.25, 0.3) is 17.0 Å². The summed E-state index contributed by atoms with van der Waals surface area (Å²) in [5.74, 6) is 0.0378. The second kappa shape index (κ2) is 8.99. The molecule has 1 spiro atoms. The lowest BCUT2D eigenvalue weighted by atomic mass is 9.78.